The number of aromatic amines is 1. The molecule has 0 radical (unpaired) electrons. The number of carbonyl (C=O) groups excluding carboxylic acids is 1. The Morgan fingerprint density at radius 1 is 1.00 bits per heavy atom. The standard InChI is InChI=1S/C23H21N3O/c1-14-7-10-17(23-25-20-5-3-4-6-21(20)26-23)11-18(14)13-22(27)16-9-8-15(2)19(24)12-16/h3-12H,13,24H2,1-2H3,(H,25,26). The van der Waals surface area contributed by atoms with Crippen molar-refractivity contribution in [3.05, 3.63) is 82.9 Å². The van der Waals surface area contributed by atoms with E-state index in [1.165, 1.54) is 0 Å². The van der Waals surface area contributed by atoms with Crippen molar-refractivity contribution in [2.75, 3.05) is 5.73 Å². The fraction of sp³-hybridized carbons (Fsp3) is 0.130. The second-order valence-corrected chi connectivity index (χ2v) is 6.92. The summed E-state index contributed by atoms with van der Waals surface area (Å²) in [6.07, 6.45) is 0.336. The molecule has 0 aliphatic carbocycles. The number of anilines is 1. The van der Waals surface area contributed by atoms with Crippen LogP contribution in [0.3, 0.4) is 0 Å². The van der Waals surface area contributed by atoms with Crippen molar-refractivity contribution in [1.29, 1.82) is 0 Å². The van der Waals surface area contributed by atoms with Gasteiger partial charge in [0.15, 0.2) is 5.78 Å². The smallest absolute Gasteiger partial charge is 0.167 e. The van der Waals surface area contributed by atoms with Crippen LogP contribution in [0.2, 0.25) is 0 Å². The Kier molecular flexibility index (Phi) is 4.24. The fourth-order valence-corrected chi connectivity index (χ4v) is 3.19. The topological polar surface area (TPSA) is 71.8 Å². The third kappa shape index (κ3) is 3.34. The van der Waals surface area contributed by atoms with Gasteiger partial charge in [0.25, 0.3) is 0 Å². The molecule has 4 heteroatoms. The average molecular weight is 355 g/mol. The van der Waals surface area contributed by atoms with Crippen LogP contribution in [0.1, 0.15) is 27.0 Å². The van der Waals surface area contributed by atoms with Gasteiger partial charge in [0, 0.05) is 23.2 Å². The Balaban J connectivity index is 1.66. The van der Waals surface area contributed by atoms with E-state index in [0.717, 1.165) is 39.1 Å². The molecule has 0 fully saturated rings. The highest BCUT2D eigenvalue weighted by atomic mass is 16.1. The lowest BCUT2D eigenvalue weighted by Crippen LogP contribution is -2.06. The van der Waals surface area contributed by atoms with Crippen LogP contribution in [0.15, 0.2) is 60.7 Å². The van der Waals surface area contributed by atoms with Crippen molar-refractivity contribution in [2.24, 2.45) is 0 Å². The molecule has 3 N–H and O–H groups in total. The van der Waals surface area contributed by atoms with E-state index in [2.05, 4.69) is 9.97 Å². The molecule has 3 aromatic carbocycles. The molecular weight excluding hydrogens is 334 g/mol. The second-order valence-electron chi connectivity index (χ2n) is 6.92. The van der Waals surface area contributed by atoms with Gasteiger partial charge < -0.3 is 10.7 Å². The summed E-state index contributed by atoms with van der Waals surface area (Å²) in [5, 5.41) is 0. The van der Waals surface area contributed by atoms with Gasteiger partial charge in [-0.05, 0) is 54.8 Å². The molecular formula is C23H21N3O. The minimum atomic E-state index is 0.0616. The number of benzene rings is 3. The van der Waals surface area contributed by atoms with Gasteiger partial charge in [-0.25, -0.2) is 4.98 Å². The van der Waals surface area contributed by atoms with Gasteiger partial charge in [0.2, 0.25) is 0 Å². The number of rotatable bonds is 4. The van der Waals surface area contributed by atoms with Crippen molar-refractivity contribution >= 4 is 22.5 Å². The number of nitrogens with one attached hydrogen (secondary N) is 1. The first-order chi connectivity index (χ1) is 13.0. The van der Waals surface area contributed by atoms with Crippen molar-refractivity contribution in [2.45, 2.75) is 20.3 Å². The lowest BCUT2D eigenvalue weighted by Gasteiger charge is -2.09. The predicted molar refractivity (Wildman–Crippen MR) is 110 cm³/mol. The molecule has 0 atom stereocenters. The second kappa shape index (κ2) is 6.72. The van der Waals surface area contributed by atoms with Crippen molar-refractivity contribution in [3.63, 3.8) is 0 Å². The van der Waals surface area contributed by atoms with E-state index < -0.39 is 0 Å². The highest BCUT2D eigenvalue weighted by Crippen LogP contribution is 2.24. The van der Waals surface area contributed by atoms with E-state index in [-0.39, 0.29) is 5.78 Å². The molecule has 1 heterocycles. The number of nitrogens with zero attached hydrogens (tertiary/aromatic N) is 1. The van der Waals surface area contributed by atoms with E-state index in [1.807, 2.05) is 68.4 Å². The zero-order valence-corrected chi connectivity index (χ0v) is 15.4. The van der Waals surface area contributed by atoms with Gasteiger partial charge >= 0.3 is 0 Å². The first-order valence-electron chi connectivity index (χ1n) is 8.95. The summed E-state index contributed by atoms with van der Waals surface area (Å²) >= 11 is 0. The van der Waals surface area contributed by atoms with E-state index in [1.54, 1.807) is 6.07 Å². The molecule has 0 amide bonds. The minimum absolute atomic E-state index is 0.0616. The number of aryl methyl sites for hydroxylation is 2. The molecule has 4 rings (SSSR count). The Labute approximate surface area is 158 Å². The Bertz CT molecular complexity index is 1120. The fourth-order valence-electron chi connectivity index (χ4n) is 3.19. The van der Waals surface area contributed by atoms with Crippen molar-refractivity contribution in [3.8, 4) is 11.4 Å². The summed E-state index contributed by atoms with van der Waals surface area (Å²) in [4.78, 5) is 20.7. The highest BCUT2D eigenvalue weighted by Gasteiger charge is 2.12. The number of fused-ring (bicyclic) bond motifs is 1. The SMILES string of the molecule is Cc1ccc(C(=O)Cc2cc(-c3nc4ccccc4[nH]3)ccc2C)cc1N. The predicted octanol–water partition coefficient (Wildman–Crippen LogP) is 4.85. The summed E-state index contributed by atoms with van der Waals surface area (Å²) < 4.78 is 0. The van der Waals surface area contributed by atoms with Gasteiger partial charge in [-0.1, -0.05) is 36.4 Å². The van der Waals surface area contributed by atoms with Crippen LogP contribution in [-0.4, -0.2) is 15.8 Å². The summed E-state index contributed by atoms with van der Waals surface area (Å²) in [7, 11) is 0. The Morgan fingerprint density at radius 2 is 1.78 bits per heavy atom. The number of imidazole rings is 1. The summed E-state index contributed by atoms with van der Waals surface area (Å²) in [5.74, 6) is 0.871. The lowest BCUT2D eigenvalue weighted by atomic mass is 9.96. The molecule has 0 spiro atoms. The van der Waals surface area contributed by atoms with Gasteiger partial charge in [-0.3, -0.25) is 4.79 Å². The summed E-state index contributed by atoms with van der Waals surface area (Å²) in [6, 6.07) is 19.5. The zero-order valence-electron chi connectivity index (χ0n) is 15.4. The van der Waals surface area contributed by atoms with Crippen LogP contribution in [0.5, 0.6) is 0 Å². The molecule has 0 unspecified atom stereocenters. The van der Waals surface area contributed by atoms with Crippen LogP contribution in [0.4, 0.5) is 5.69 Å². The first-order valence-corrected chi connectivity index (χ1v) is 8.95. The number of hydrogen-bond donors (Lipinski definition) is 2. The van der Waals surface area contributed by atoms with E-state index in [0.29, 0.717) is 17.7 Å². The lowest BCUT2D eigenvalue weighted by molar-refractivity contribution is 0.0993. The van der Waals surface area contributed by atoms with Crippen LogP contribution >= 0.6 is 0 Å². The monoisotopic (exact) mass is 355 g/mol. The number of Topliss-reactive ketones (excluding diaryl/α,β-unsaturated/α-hetero) is 1. The number of para-hydroxylation sites is 2. The largest absolute Gasteiger partial charge is 0.398 e. The van der Waals surface area contributed by atoms with E-state index in [9.17, 15) is 4.79 Å². The Hall–Kier alpha value is -3.40. The molecule has 0 aliphatic heterocycles. The minimum Gasteiger partial charge on any atom is -0.398 e. The van der Waals surface area contributed by atoms with Crippen molar-refractivity contribution in [1.82, 2.24) is 9.97 Å². The highest BCUT2D eigenvalue weighted by molar-refractivity contribution is 5.98. The van der Waals surface area contributed by atoms with E-state index in [4.69, 9.17) is 5.73 Å². The summed E-state index contributed by atoms with van der Waals surface area (Å²) in [5.41, 5.74) is 13.2. The van der Waals surface area contributed by atoms with Gasteiger partial charge in [-0.2, -0.15) is 0 Å². The maximum Gasteiger partial charge on any atom is 0.167 e. The molecule has 4 nitrogen and oxygen atoms in total. The number of ketones is 1. The molecule has 4 aromatic rings. The number of aromatic nitrogens is 2. The van der Waals surface area contributed by atoms with Gasteiger partial charge in [0.1, 0.15) is 5.82 Å². The number of nitrogens with two attached hydrogens (primary N) is 1. The quantitative estimate of drug-likeness (QED) is 0.406. The van der Waals surface area contributed by atoms with Crippen LogP contribution < -0.4 is 5.73 Å². The summed E-state index contributed by atoms with van der Waals surface area (Å²) in [6.45, 7) is 3.96. The molecule has 0 aliphatic rings. The molecule has 0 bridgehead atoms. The number of hydrogen-bond acceptors (Lipinski definition) is 3. The Morgan fingerprint density at radius 3 is 2.56 bits per heavy atom. The molecule has 0 saturated carbocycles. The van der Waals surface area contributed by atoms with Crippen molar-refractivity contribution < 1.29 is 4.79 Å². The van der Waals surface area contributed by atoms with E-state index >= 15 is 0 Å². The average Bonchev–Trinajstić information content (AvgIpc) is 3.10. The molecule has 1 aromatic heterocycles. The maximum atomic E-state index is 12.7. The number of H-pyrrole nitrogens is 1. The van der Waals surface area contributed by atoms with Crippen LogP contribution in [0.25, 0.3) is 22.4 Å². The zero-order chi connectivity index (χ0) is 19.0. The van der Waals surface area contributed by atoms with Crippen LogP contribution in [0, 0.1) is 13.8 Å². The maximum absolute atomic E-state index is 12.7. The molecule has 0 saturated heterocycles. The molecule has 27 heavy (non-hydrogen) atoms. The first kappa shape index (κ1) is 17.0. The number of nitrogen functional groups attached to an aromatic ring is 1. The number of carbonyl (C=O) groups is 1. The third-order valence-electron chi connectivity index (χ3n) is 4.96. The van der Waals surface area contributed by atoms with Gasteiger partial charge in [-0.15, -0.1) is 0 Å². The van der Waals surface area contributed by atoms with Crippen LogP contribution in [-0.2, 0) is 6.42 Å². The normalized spacial score (nSPS) is 11.0. The van der Waals surface area contributed by atoms with Gasteiger partial charge in [0.05, 0.1) is 11.0 Å². The molecule has 134 valence electrons. The third-order valence-corrected chi connectivity index (χ3v) is 4.96.